The van der Waals surface area contributed by atoms with Gasteiger partial charge in [0, 0.05) is 17.3 Å². The van der Waals surface area contributed by atoms with Gasteiger partial charge in [0.15, 0.2) is 5.58 Å². The molecule has 0 fully saturated rings. The minimum Gasteiger partial charge on any atom is -0.436 e. The van der Waals surface area contributed by atoms with Gasteiger partial charge in [-0.15, -0.1) is 11.8 Å². The Morgan fingerprint density at radius 2 is 2.17 bits per heavy atom. The van der Waals surface area contributed by atoms with E-state index in [4.69, 9.17) is 16.0 Å². The molecule has 0 radical (unpaired) electrons. The highest BCUT2D eigenvalue weighted by molar-refractivity contribution is 7.98. The highest BCUT2D eigenvalue weighted by atomic mass is 35.5. The van der Waals surface area contributed by atoms with Crippen molar-refractivity contribution in [2.75, 3.05) is 6.26 Å². The molecule has 0 aliphatic rings. The molecule has 0 atom stereocenters. The number of benzene rings is 1. The summed E-state index contributed by atoms with van der Waals surface area (Å²) < 4.78 is 5.70. The Morgan fingerprint density at radius 3 is 2.94 bits per heavy atom. The second-order valence-electron chi connectivity index (χ2n) is 3.71. The molecule has 0 N–H and O–H groups in total. The average Bonchev–Trinajstić information content (AvgIpc) is 2.81. The maximum Gasteiger partial charge on any atom is 0.228 e. The first-order valence-corrected chi connectivity index (χ1v) is 6.92. The third-order valence-corrected chi connectivity index (χ3v) is 3.62. The van der Waals surface area contributed by atoms with Crippen LogP contribution in [0.15, 0.2) is 46.0 Å². The van der Waals surface area contributed by atoms with Crippen LogP contribution in [0.2, 0.25) is 5.02 Å². The zero-order valence-corrected chi connectivity index (χ0v) is 11.1. The number of nitrogens with zero attached hydrogens (tertiary/aromatic N) is 2. The molecule has 0 spiro atoms. The minimum atomic E-state index is 0.524. The fourth-order valence-electron chi connectivity index (χ4n) is 1.70. The van der Waals surface area contributed by atoms with E-state index >= 15 is 0 Å². The molecule has 3 nitrogen and oxygen atoms in total. The van der Waals surface area contributed by atoms with Crippen molar-refractivity contribution in [3.63, 3.8) is 0 Å². The van der Waals surface area contributed by atoms with Crippen molar-refractivity contribution >= 4 is 34.5 Å². The van der Waals surface area contributed by atoms with E-state index in [1.165, 1.54) is 0 Å². The molecule has 1 aromatic carbocycles. The van der Waals surface area contributed by atoms with Crippen molar-refractivity contribution in [3.05, 3.63) is 41.7 Å². The monoisotopic (exact) mass is 276 g/mol. The molecule has 90 valence electrons. The first-order chi connectivity index (χ1) is 8.78. The standard InChI is InChI=1S/C13H9ClN2OS/c1-18-8-2-3-12-11(6-8)16-13(17-12)9-4-5-15-7-10(9)14/h2-7H,1H3. The molecule has 5 heteroatoms. The highest BCUT2D eigenvalue weighted by Crippen LogP contribution is 2.30. The van der Waals surface area contributed by atoms with E-state index in [1.54, 1.807) is 30.2 Å². The Hall–Kier alpha value is -1.52. The molecule has 0 amide bonds. The van der Waals surface area contributed by atoms with Crippen molar-refractivity contribution in [2.45, 2.75) is 4.90 Å². The second kappa shape index (κ2) is 4.63. The van der Waals surface area contributed by atoms with E-state index < -0.39 is 0 Å². The van der Waals surface area contributed by atoms with Gasteiger partial charge >= 0.3 is 0 Å². The van der Waals surface area contributed by atoms with Crippen LogP contribution < -0.4 is 0 Å². The largest absolute Gasteiger partial charge is 0.436 e. The van der Waals surface area contributed by atoms with Crippen molar-refractivity contribution in [2.24, 2.45) is 0 Å². The van der Waals surface area contributed by atoms with Crippen LogP contribution in [0.4, 0.5) is 0 Å². The summed E-state index contributed by atoms with van der Waals surface area (Å²) in [4.78, 5) is 9.56. The van der Waals surface area contributed by atoms with E-state index in [0.717, 1.165) is 21.6 Å². The molecule has 0 bridgehead atoms. The van der Waals surface area contributed by atoms with Gasteiger partial charge < -0.3 is 4.42 Å². The van der Waals surface area contributed by atoms with Gasteiger partial charge in [-0.05, 0) is 30.5 Å². The Bertz CT molecular complexity index is 711. The van der Waals surface area contributed by atoms with Gasteiger partial charge in [-0.25, -0.2) is 4.98 Å². The lowest BCUT2D eigenvalue weighted by Gasteiger charge is -1.96. The third-order valence-electron chi connectivity index (χ3n) is 2.60. The molecule has 18 heavy (non-hydrogen) atoms. The van der Waals surface area contributed by atoms with E-state index in [-0.39, 0.29) is 0 Å². The minimum absolute atomic E-state index is 0.524. The van der Waals surface area contributed by atoms with E-state index in [0.29, 0.717) is 10.9 Å². The molecular formula is C13H9ClN2OS. The Kier molecular flexibility index (Phi) is 2.97. The van der Waals surface area contributed by atoms with Crippen LogP contribution >= 0.6 is 23.4 Å². The fraction of sp³-hybridized carbons (Fsp3) is 0.0769. The predicted molar refractivity (Wildman–Crippen MR) is 74.0 cm³/mol. The lowest BCUT2D eigenvalue weighted by molar-refractivity contribution is 0.619. The Balaban J connectivity index is 2.17. The Labute approximate surface area is 113 Å². The van der Waals surface area contributed by atoms with Gasteiger partial charge in [0.2, 0.25) is 5.89 Å². The van der Waals surface area contributed by atoms with Crippen LogP contribution in [-0.2, 0) is 0 Å². The first-order valence-electron chi connectivity index (χ1n) is 5.32. The smallest absolute Gasteiger partial charge is 0.228 e. The number of pyridine rings is 1. The van der Waals surface area contributed by atoms with Crippen molar-refractivity contribution < 1.29 is 4.42 Å². The molecular weight excluding hydrogens is 268 g/mol. The fourth-order valence-corrected chi connectivity index (χ4v) is 2.33. The molecule has 2 aromatic heterocycles. The van der Waals surface area contributed by atoms with E-state index in [1.807, 2.05) is 24.5 Å². The topological polar surface area (TPSA) is 38.9 Å². The summed E-state index contributed by atoms with van der Waals surface area (Å²) in [5, 5.41) is 0.536. The zero-order valence-electron chi connectivity index (χ0n) is 9.55. The number of fused-ring (bicyclic) bond motifs is 1. The zero-order chi connectivity index (χ0) is 12.5. The summed E-state index contributed by atoms with van der Waals surface area (Å²) in [5.41, 5.74) is 2.36. The molecule has 0 saturated heterocycles. The quantitative estimate of drug-likeness (QED) is 0.656. The Morgan fingerprint density at radius 1 is 1.28 bits per heavy atom. The number of aromatic nitrogens is 2. The number of hydrogen-bond acceptors (Lipinski definition) is 4. The van der Waals surface area contributed by atoms with Crippen molar-refractivity contribution in [1.29, 1.82) is 0 Å². The molecule has 3 rings (SSSR count). The molecule has 2 heterocycles. The summed E-state index contributed by atoms with van der Waals surface area (Å²) in [6, 6.07) is 7.73. The normalized spacial score (nSPS) is 11.0. The summed E-state index contributed by atoms with van der Waals surface area (Å²) in [5.74, 6) is 0.524. The summed E-state index contributed by atoms with van der Waals surface area (Å²) >= 11 is 7.75. The second-order valence-corrected chi connectivity index (χ2v) is 5.00. The number of hydrogen-bond donors (Lipinski definition) is 0. The number of rotatable bonds is 2. The molecule has 3 aromatic rings. The van der Waals surface area contributed by atoms with Crippen LogP contribution in [0.3, 0.4) is 0 Å². The summed E-state index contributed by atoms with van der Waals surface area (Å²) in [6.45, 7) is 0. The van der Waals surface area contributed by atoms with E-state index in [2.05, 4.69) is 9.97 Å². The van der Waals surface area contributed by atoms with Gasteiger partial charge in [0.1, 0.15) is 5.52 Å². The maximum absolute atomic E-state index is 6.08. The molecule has 0 saturated carbocycles. The number of oxazole rings is 1. The van der Waals surface area contributed by atoms with Crippen LogP contribution in [0.5, 0.6) is 0 Å². The van der Waals surface area contributed by atoms with E-state index in [9.17, 15) is 0 Å². The van der Waals surface area contributed by atoms with Crippen molar-refractivity contribution in [1.82, 2.24) is 9.97 Å². The molecule has 0 aliphatic carbocycles. The molecule has 0 aliphatic heterocycles. The number of halogens is 1. The van der Waals surface area contributed by atoms with Crippen LogP contribution in [0.25, 0.3) is 22.6 Å². The van der Waals surface area contributed by atoms with Crippen molar-refractivity contribution in [3.8, 4) is 11.5 Å². The summed E-state index contributed by atoms with van der Waals surface area (Å²) in [7, 11) is 0. The first kappa shape index (κ1) is 11.6. The lowest BCUT2D eigenvalue weighted by Crippen LogP contribution is -1.80. The number of thioether (sulfide) groups is 1. The van der Waals surface area contributed by atoms with Crippen LogP contribution in [-0.4, -0.2) is 16.2 Å². The van der Waals surface area contributed by atoms with Gasteiger partial charge in [0.25, 0.3) is 0 Å². The van der Waals surface area contributed by atoms with Crippen LogP contribution in [0.1, 0.15) is 0 Å². The molecule has 0 unspecified atom stereocenters. The highest BCUT2D eigenvalue weighted by Gasteiger charge is 2.11. The average molecular weight is 277 g/mol. The van der Waals surface area contributed by atoms with Crippen LogP contribution in [0, 0.1) is 0 Å². The predicted octanol–water partition coefficient (Wildman–Crippen LogP) is 4.27. The van der Waals surface area contributed by atoms with Gasteiger partial charge in [-0.3, -0.25) is 4.98 Å². The maximum atomic E-state index is 6.08. The van der Waals surface area contributed by atoms with Gasteiger partial charge in [-0.2, -0.15) is 0 Å². The van der Waals surface area contributed by atoms with Gasteiger partial charge in [0.05, 0.1) is 10.6 Å². The van der Waals surface area contributed by atoms with Gasteiger partial charge in [-0.1, -0.05) is 11.6 Å². The third kappa shape index (κ3) is 1.98. The summed E-state index contributed by atoms with van der Waals surface area (Å²) in [6.07, 6.45) is 5.28. The lowest BCUT2D eigenvalue weighted by atomic mass is 10.3. The SMILES string of the molecule is CSc1ccc2oc(-c3ccncc3Cl)nc2c1.